The number of nitrogens with two attached hydrogens (primary N) is 1. The van der Waals surface area contributed by atoms with Crippen molar-refractivity contribution < 1.29 is 9.53 Å². The number of benzene rings is 1. The number of aromatic nitrogens is 2. The van der Waals surface area contributed by atoms with Crippen LogP contribution in [0.3, 0.4) is 0 Å². The van der Waals surface area contributed by atoms with E-state index in [-0.39, 0.29) is 11.9 Å². The maximum absolute atomic E-state index is 13.2. The van der Waals surface area contributed by atoms with Gasteiger partial charge in [-0.2, -0.15) is 0 Å². The molecule has 1 amide bonds. The number of halogens is 1. The fourth-order valence-electron chi connectivity index (χ4n) is 4.56. The Morgan fingerprint density at radius 1 is 1.20 bits per heavy atom. The van der Waals surface area contributed by atoms with Crippen molar-refractivity contribution in [3.63, 3.8) is 0 Å². The van der Waals surface area contributed by atoms with E-state index in [1.807, 2.05) is 55.1 Å². The number of carbonyl (C=O) groups is 1. The first-order chi connectivity index (χ1) is 17.0. The molecule has 7 nitrogen and oxygen atoms in total. The molecular formula is C27H32ClN5O2. The largest absolute Gasteiger partial charge is 0.477 e. The molecule has 0 bridgehead atoms. The Labute approximate surface area is 211 Å². The Hall–Kier alpha value is -3.16. The molecule has 0 spiro atoms. The number of pyridine rings is 2. The molecule has 184 valence electrons. The van der Waals surface area contributed by atoms with Crippen LogP contribution in [0, 0.1) is 6.92 Å². The molecule has 2 N–H and O–H groups in total. The third-order valence-electron chi connectivity index (χ3n) is 6.38. The van der Waals surface area contributed by atoms with Crippen LogP contribution >= 0.6 is 11.6 Å². The van der Waals surface area contributed by atoms with E-state index in [0.29, 0.717) is 49.3 Å². The number of anilines is 1. The van der Waals surface area contributed by atoms with E-state index in [9.17, 15) is 4.79 Å². The molecule has 0 radical (unpaired) electrons. The number of carbonyl (C=O) groups excluding carboxylic acids is 1. The Morgan fingerprint density at radius 2 is 2.03 bits per heavy atom. The molecule has 3 aromatic rings. The zero-order valence-corrected chi connectivity index (χ0v) is 21.3. The minimum atomic E-state index is -0.0272. The zero-order chi connectivity index (χ0) is 24.9. The van der Waals surface area contributed by atoms with E-state index >= 15 is 0 Å². The highest BCUT2D eigenvalue weighted by atomic mass is 35.5. The lowest BCUT2D eigenvalue weighted by atomic mass is 10.0. The van der Waals surface area contributed by atoms with E-state index in [4.69, 9.17) is 27.1 Å². The smallest absolute Gasteiger partial charge is 0.255 e. The Morgan fingerprint density at radius 3 is 2.74 bits per heavy atom. The van der Waals surface area contributed by atoms with Crippen LogP contribution in [0.2, 0.25) is 5.02 Å². The van der Waals surface area contributed by atoms with Gasteiger partial charge in [0.05, 0.1) is 39.8 Å². The number of hydrogen-bond donors (Lipinski definition) is 1. The van der Waals surface area contributed by atoms with Crippen LogP contribution in [0.15, 0.2) is 48.7 Å². The van der Waals surface area contributed by atoms with Gasteiger partial charge in [0.2, 0.25) is 5.88 Å². The second-order valence-corrected chi connectivity index (χ2v) is 9.05. The first kappa shape index (κ1) is 24.9. The summed E-state index contributed by atoms with van der Waals surface area (Å²) in [7, 11) is 0. The van der Waals surface area contributed by atoms with Crippen molar-refractivity contribution in [3.8, 4) is 17.1 Å². The fourth-order valence-corrected chi connectivity index (χ4v) is 4.88. The lowest BCUT2D eigenvalue weighted by molar-refractivity contribution is 0.0721. The first-order valence-electron chi connectivity index (χ1n) is 12.1. The number of aryl methyl sites for hydroxylation is 1. The molecule has 1 saturated heterocycles. The summed E-state index contributed by atoms with van der Waals surface area (Å²) in [5, 5.41) is 0.498. The molecule has 0 unspecified atom stereocenters. The first-order valence-corrected chi connectivity index (χ1v) is 12.4. The monoisotopic (exact) mass is 493 g/mol. The van der Waals surface area contributed by atoms with E-state index in [2.05, 4.69) is 22.9 Å². The van der Waals surface area contributed by atoms with Gasteiger partial charge in [-0.3, -0.25) is 4.79 Å². The summed E-state index contributed by atoms with van der Waals surface area (Å²) in [6, 6.07) is 13.6. The number of nitrogens with zero attached hydrogens (tertiary/aromatic N) is 4. The summed E-state index contributed by atoms with van der Waals surface area (Å²) in [6.07, 6.45) is 2.59. The van der Waals surface area contributed by atoms with Gasteiger partial charge in [0.15, 0.2) is 0 Å². The highest BCUT2D eigenvalue weighted by molar-refractivity contribution is 6.33. The van der Waals surface area contributed by atoms with E-state index in [0.717, 1.165) is 34.6 Å². The Kier molecular flexibility index (Phi) is 7.88. The molecule has 0 saturated carbocycles. The van der Waals surface area contributed by atoms with Crippen LogP contribution in [0.5, 0.6) is 5.88 Å². The SMILES string of the molecule is CCOc1ncccc1-c1ccc(N2CCN(C(=O)c3ccc(C)cc3Cl)C[C@H]2CC)c(CN)n1. The number of ether oxygens (including phenoxy) is 1. The summed E-state index contributed by atoms with van der Waals surface area (Å²) in [5.74, 6) is 0.534. The third kappa shape index (κ3) is 5.26. The van der Waals surface area contributed by atoms with Crippen molar-refractivity contribution >= 4 is 23.2 Å². The van der Waals surface area contributed by atoms with Gasteiger partial charge in [-0.15, -0.1) is 0 Å². The van der Waals surface area contributed by atoms with Crippen LogP contribution in [-0.4, -0.2) is 53.1 Å². The maximum Gasteiger partial charge on any atom is 0.255 e. The van der Waals surface area contributed by atoms with Crippen molar-refractivity contribution in [2.75, 3.05) is 31.1 Å². The van der Waals surface area contributed by atoms with Crippen LogP contribution < -0.4 is 15.4 Å². The van der Waals surface area contributed by atoms with Gasteiger partial charge in [-0.05, 0) is 62.2 Å². The van der Waals surface area contributed by atoms with Gasteiger partial charge in [0.25, 0.3) is 5.91 Å². The molecule has 1 aliphatic rings. The van der Waals surface area contributed by atoms with Gasteiger partial charge in [0, 0.05) is 38.4 Å². The third-order valence-corrected chi connectivity index (χ3v) is 6.69. The van der Waals surface area contributed by atoms with Crippen molar-refractivity contribution in [2.45, 2.75) is 39.8 Å². The predicted molar refractivity (Wildman–Crippen MR) is 140 cm³/mol. The molecule has 4 rings (SSSR count). The van der Waals surface area contributed by atoms with E-state index in [1.54, 1.807) is 6.20 Å². The van der Waals surface area contributed by atoms with Crippen LogP contribution in [0.1, 0.15) is 41.9 Å². The summed E-state index contributed by atoms with van der Waals surface area (Å²) >= 11 is 6.38. The maximum atomic E-state index is 13.2. The highest BCUT2D eigenvalue weighted by Gasteiger charge is 2.31. The number of amides is 1. The Balaban J connectivity index is 1.58. The molecular weight excluding hydrogens is 462 g/mol. The quantitative estimate of drug-likeness (QED) is 0.513. The molecule has 0 aliphatic carbocycles. The van der Waals surface area contributed by atoms with E-state index < -0.39 is 0 Å². The predicted octanol–water partition coefficient (Wildman–Crippen LogP) is 4.70. The van der Waals surface area contributed by atoms with Gasteiger partial charge in [0.1, 0.15) is 0 Å². The van der Waals surface area contributed by atoms with Crippen molar-refractivity contribution in [3.05, 3.63) is 70.5 Å². The summed E-state index contributed by atoms with van der Waals surface area (Å²) < 4.78 is 5.69. The average Bonchev–Trinajstić information content (AvgIpc) is 2.88. The zero-order valence-electron chi connectivity index (χ0n) is 20.5. The van der Waals surface area contributed by atoms with Crippen LogP contribution in [-0.2, 0) is 6.54 Å². The minimum absolute atomic E-state index is 0.0272. The summed E-state index contributed by atoms with van der Waals surface area (Å²) in [4.78, 5) is 26.7. The minimum Gasteiger partial charge on any atom is -0.477 e. The van der Waals surface area contributed by atoms with Crippen LogP contribution in [0.4, 0.5) is 5.69 Å². The van der Waals surface area contributed by atoms with Crippen LogP contribution in [0.25, 0.3) is 11.3 Å². The lowest BCUT2D eigenvalue weighted by Crippen LogP contribution is -2.55. The average molecular weight is 494 g/mol. The molecule has 1 fully saturated rings. The van der Waals surface area contributed by atoms with Crippen molar-refractivity contribution in [1.29, 1.82) is 0 Å². The van der Waals surface area contributed by atoms with Gasteiger partial charge in [-0.25, -0.2) is 9.97 Å². The number of hydrogen-bond acceptors (Lipinski definition) is 6. The second kappa shape index (κ2) is 11.1. The molecule has 8 heteroatoms. The lowest BCUT2D eigenvalue weighted by Gasteiger charge is -2.43. The number of piperazine rings is 1. The molecule has 1 aromatic carbocycles. The molecule has 2 aromatic heterocycles. The summed E-state index contributed by atoms with van der Waals surface area (Å²) in [6.45, 7) is 8.78. The molecule has 3 heterocycles. The second-order valence-electron chi connectivity index (χ2n) is 8.65. The normalized spacial score (nSPS) is 15.9. The van der Waals surface area contributed by atoms with E-state index in [1.165, 1.54) is 0 Å². The Bertz CT molecular complexity index is 1200. The standard InChI is InChI=1S/C27H32ClN5O2/c1-4-19-17-32(27(34)20-9-8-18(3)15-22(20)28)13-14-33(19)25-11-10-23(31-24(25)16-29)21-7-6-12-30-26(21)35-5-2/h6-12,15,19H,4-5,13-14,16-17,29H2,1-3H3/t19-/m1/s1. The van der Waals surface area contributed by atoms with Gasteiger partial charge >= 0.3 is 0 Å². The number of rotatable bonds is 7. The fraction of sp³-hybridized carbons (Fsp3) is 0.370. The molecule has 1 aliphatic heterocycles. The van der Waals surface area contributed by atoms with Gasteiger partial charge in [-0.1, -0.05) is 24.6 Å². The molecule has 35 heavy (non-hydrogen) atoms. The highest BCUT2D eigenvalue weighted by Crippen LogP contribution is 2.32. The summed E-state index contributed by atoms with van der Waals surface area (Å²) in [5.41, 5.74) is 11.2. The van der Waals surface area contributed by atoms with Crippen molar-refractivity contribution in [1.82, 2.24) is 14.9 Å². The molecule has 1 atom stereocenters. The topological polar surface area (TPSA) is 84.6 Å². The van der Waals surface area contributed by atoms with Crippen molar-refractivity contribution in [2.24, 2.45) is 5.73 Å². The van der Waals surface area contributed by atoms with Gasteiger partial charge < -0.3 is 20.3 Å².